The highest BCUT2D eigenvalue weighted by atomic mass is 32.1. The van der Waals surface area contributed by atoms with E-state index in [-0.39, 0.29) is 75.5 Å². The number of aromatic nitrogens is 1. The van der Waals surface area contributed by atoms with Crippen molar-refractivity contribution in [3.8, 4) is 16.2 Å². The van der Waals surface area contributed by atoms with Crippen LogP contribution in [0.15, 0.2) is 48.0 Å². The van der Waals surface area contributed by atoms with Crippen molar-refractivity contribution in [1.82, 2.24) is 35.6 Å². The summed E-state index contributed by atoms with van der Waals surface area (Å²) < 4.78 is 21.8. The zero-order valence-electron chi connectivity index (χ0n) is 41.6. The van der Waals surface area contributed by atoms with Crippen LogP contribution in [0, 0.1) is 18.2 Å². The summed E-state index contributed by atoms with van der Waals surface area (Å²) in [5.41, 5.74) is 15.9. The molecule has 3 aromatic rings. The number of thiazole rings is 1. The highest BCUT2D eigenvalue weighted by Gasteiger charge is 2.46. The number of nitrogens with two attached hydrogens (primary N) is 2. The molecule has 8 atom stereocenters. The van der Waals surface area contributed by atoms with Gasteiger partial charge < -0.3 is 52.0 Å². The number of carbonyl (C=O) groups excluding carboxylic acids is 7. The van der Waals surface area contributed by atoms with E-state index in [9.17, 15) is 38.7 Å². The number of aliphatic hydroxyl groups is 1. The van der Waals surface area contributed by atoms with Crippen molar-refractivity contribution in [3.05, 3.63) is 70.6 Å². The van der Waals surface area contributed by atoms with Gasteiger partial charge in [-0.25, -0.2) is 9.37 Å². The van der Waals surface area contributed by atoms with Gasteiger partial charge in [0.1, 0.15) is 30.8 Å². The number of likely N-dealkylation sites (tertiary alicyclic amines) is 1. The lowest BCUT2D eigenvalue weighted by Crippen LogP contribution is -2.59. The quantitative estimate of drug-likeness (QED) is 0.0949. The molecule has 6 rings (SSSR count). The number of rotatable bonds is 19. The summed E-state index contributed by atoms with van der Waals surface area (Å²) in [4.78, 5) is 102. The molecule has 0 unspecified atom stereocenters. The van der Waals surface area contributed by atoms with Crippen LogP contribution >= 0.6 is 11.3 Å². The second-order valence-corrected chi connectivity index (χ2v) is 21.0. The van der Waals surface area contributed by atoms with Crippen molar-refractivity contribution in [2.24, 2.45) is 16.9 Å². The van der Waals surface area contributed by atoms with E-state index in [1.165, 1.54) is 22.8 Å². The summed E-state index contributed by atoms with van der Waals surface area (Å²) in [5, 5.41) is 19.5. The van der Waals surface area contributed by atoms with Gasteiger partial charge in [-0.3, -0.25) is 33.6 Å². The van der Waals surface area contributed by atoms with Gasteiger partial charge in [0.25, 0.3) is 0 Å². The molecule has 3 saturated heterocycles. The summed E-state index contributed by atoms with van der Waals surface area (Å²) in [5.74, 6) is -3.62. The fraction of sp³-hybridized carbons (Fsp3) is 0.569. The number of fused-ring (bicyclic) bond motifs is 1. The molecule has 0 spiro atoms. The SMILES string of the molecule is CC(=O)N1CC[C@H]2CC[C@@H](C(=O)N[C@@H](CCC(N)=O)COc3cccc(CCCCC(=O)N[C@H](C(=O)N4C[C@H](O)C[C@H]4C(=O)N[C@@H](C)c4ccc(-c5scnc5C)cc4)C(C)(C)C)c3F)N2C(=O)[C@@H](N)C1. The molecule has 4 heterocycles. The van der Waals surface area contributed by atoms with Crippen LogP contribution in [-0.4, -0.2) is 135 Å². The maximum absolute atomic E-state index is 15.9. The van der Waals surface area contributed by atoms with Crippen molar-refractivity contribution in [2.75, 3.05) is 26.2 Å². The van der Waals surface area contributed by atoms with E-state index in [0.717, 1.165) is 21.7 Å². The summed E-state index contributed by atoms with van der Waals surface area (Å²) >= 11 is 1.55. The Morgan fingerprint density at radius 1 is 0.958 bits per heavy atom. The Kier molecular flexibility index (Phi) is 18.3. The molecular formula is C51H70FN9O9S. The minimum Gasteiger partial charge on any atom is -0.488 e. The van der Waals surface area contributed by atoms with Crippen LogP contribution in [0.1, 0.15) is 115 Å². The molecule has 0 bridgehead atoms. The van der Waals surface area contributed by atoms with Crippen LogP contribution in [0.3, 0.4) is 0 Å². The maximum Gasteiger partial charge on any atom is 0.246 e. The molecule has 0 aliphatic carbocycles. The van der Waals surface area contributed by atoms with Crippen LogP contribution in [0.4, 0.5) is 4.39 Å². The number of aryl methyl sites for hydroxylation is 2. The highest BCUT2D eigenvalue weighted by Crippen LogP contribution is 2.32. The van der Waals surface area contributed by atoms with Crippen molar-refractivity contribution >= 4 is 52.7 Å². The van der Waals surface area contributed by atoms with Crippen LogP contribution in [0.2, 0.25) is 0 Å². The number of β-amino-alcohol motifs (C(OH)–C–C–N with tert-alkyl or cyclic N) is 1. The topological polar surface area (TPSA) is 260 Å². The number of amides is 7. The third-order valence-corrected chi connectivity index (χ3v) is 14.7. The molecule has 0 radical (unpaired) electrons. The van der Waals surface area contributed by atoms with E-state index >= 15 is 4.39 Å². The Balaban J connectivity index is 0.999. The highest BCUT2D eigenvalue weighted by molar-refractivity contribution is 7.13. The zero-order chi connectivity index (χ0) is 51.7. The fourth-order valence-corrected chi connectivity index (χ4v) is 10.5. The van der Waals surface area contributed by atoms with Crippen molar-refractivity contribution in [1.29, 1.82) is 0 Å². The molecule has 20 heteroatoms. The molecule has 18 nitrogen and oxygen atoms in total. The standard InChI is InChI=1S/C51H70FN9O9S/c1-29(32-14-16-34(17-15-32)45-30(2)55-28-71-45)56-48(67)40-24-37(63)25-60(40)50(69)46(51(4,5)6)58-43(65)13-8-7-10-33-11-9-12-41(44(33)52)70-27-35(18-21-42(54)64)57-47(66)39-20-19-36-22-23-59(31(3)62)26-38(53)49(68)61(36)39/h9,11-12,14-17,28-29,35-40,46,63H,7-8,10,13,18-27,53H2,1-6H3,(H2,54,64)(H,56,67)(H,57,66)(H,58,65)/t29-,35-,36+,37+,38-,39-,40-,46+/m0/s1. The second-order valence-electron chi connectivity index (χ2n) is 20.2. The Labute approximate surface area is 418 Å². The first-order valence-corrected chi connectivity index (χ1v) is 25.4. The van der Waals surface area contributed by atoms with E-state index < -0.39 is 83.0 Å². The van der Waals surface area contributed by atoms with Gasteiger partial charge in [0, 0.05) is 51.9 Å². The lowest BCUT2D eigenvalue weighted by molar-refractivity contribution is -0.144. The number of ether oxygens (including phenoxy) is 1. The number of halogens is 1. The number of nitrogens with one attached hydrogen (secondary N) is 3. The van der Waals surface area contributed by atoms with E-state index in [1.807, 2.05) is 58.9 Å². The average molecular weight is 1000 g/mol. The predicted molar refractivity (Wildman–Crippen MR) is 265 cm³/mol. The van der Waals surface area contributed by atoms with Gasteiger partial charge in [0.05, 0.1) is 34.3 Å². The normalized spacial score (nSPS) is 21.6. The van der Waals surface area contributed by atoms with E-state index in [0.29, 0.717) is 44.2 Å². The van der Waals surface area contributed by atoms with Crippen LogP contribution in [0.25, 0.3) is 10.4 Å². The van der Waals surface area contributed by atoms with Gasteiger partial charge in [0.15, 0.2) is 11.6 Å². The number of aliphatic hydroxyl groups excluding tert-OH is 1. The number of benzene rings is 2. The van der Waals surface area contributed by atoms with Crippen molar-refractivity contribution < 1.29 is 47.8 Å². The van der Waals surface area contributed by atoms with Gasteiger partial charge in [-0.15, -0.1) is 11.3 Å². The monoisotopic (exact) mass is 1000 g/mol. The second kappa shape index (κ2) is 24.0. The molecule has 2 aromatic carbocycles. The smallest absolute Gasteiger partial charge is 0.246 e. The first-order valence-electron chi connectivity index (χ1n) is 24.5. The van der Waals surface area contributed by atoms with E-state index in [2.05, 4.69) is 20.9 Å². The Hall–Kier alpha value is -5.99. The van der Waals surface area contributed by atoms with Gasteiger partial charge in [-0.1, -0.05) is 57.2 Å². The minimum atomic E-state index is -1.01. The first kappa shape index (κ1) is 54.3. The predicted octanol–water partition coefficient (Wildman–Crippen LogP) is 3.41. The summed E-state index contributed by atoms with van der Waals surface area (Å²) in [6, 6.07) is 7.33. The molecule has 7 amide bonds. The van der Waals surface area contributed by atoms with Crippen molar-refractivity contribution in [3.63, 3.8) is 0 Å². The molecule has 71 heavy (non-hydrogen) atoms. The molecule has 3 aliphatic heterocycles. The molecule has 0 saturated carbocycles. The number of hydrogen-bond donors (Lipinski definition) is 6. The number of nitrogens with zero attached hydrogens (tertiary/aromatic N) is 4. The Morgan fingerprint density at radius 2 is 1.68 bits per heavy atom. The van der Waals surface area contributed by atoms with E-state index in [4.69, 9.17) is 16.2 Å². The molecule has 3 fully saturated rings. The van der Waals surface area contributed by atoms with Crippen LogP contribution in [0.5, 0.6) is 5.75 Å². The van der Waals surface area contributed by atoms with Crippen LogP contribution in [-0.2, 0) is 40.0 Å². The van der Waals surface area contributed by atoms with Crippen molar-refractivity contribution in [2.45, 2.75) is 154 Å². The van der Waals surface area contributed by atoms with E-state index in [1.54, 1.807) is 33.9 Å². The van der Waals surface area contributed by atoms with Gasteiger partial charge >= 0.3 is 0 Å². The number of primary amides is 1. The van der Waals surface area contributed by atoms with Gasteiger partial charge in [0.2, 0.25) is 41.4 Å². The third kappa shape index (κ3) is 13.9. The third-order valence-electron chi connectivity index (χ3n) is 13.7. The molecule has 3 aliphatic rings. The summed E-state index contributed by atoms with van der Waals surface area (Å²) in [6.45, 7) is 10.9. The first-order chi connectivity index (χ1) is 33.6. The molecule has 386 valence electrons. The molecule has 8 N–H and O–H groups in total. The zero-order valence-corrected chi connectivity index (χ0v) is 42.4. The molecule has 1 aromatic heterocycles. The minimum absolute atomic E-state index is 0.0396. The number of hydrogen-bond acceptors (Lipinski definition) is 12. The van der Waals surface area contributed by atoms with Gasteiger partial charge in [-0.2, -0.15) is 0 Å². The number of unbranched alkanes of at least 4 members (excludes halogenated alkanes) is 1. The number of carbonyl (C=O) groups is 7. The maximum atomic E-state index is 15.9. The largest absolute Gasteiger partial charge is 0.488 e. The average Bonchev–Trinajstić information content (AvgIpc) is 4.06. The summed E-state index contributed by atoms with van der Waals surface area (Å²) in [6.07, 6.45) is 1.65. The summed E-state index contributed by atoms with van der Waals surface area (Å²) in [7, 11) is 0. The fourth-order valence-electron chi connectivity index (χ4n) is 9.66. The molecular weight excluding hydrogens is 934 g/mol. The Morgan fingerprint density at radius 3 is 2.34 bits per heavy atom. The lowest BCUT2D eigenvalue weighted by atomic mass is 9.85. The van der Waals surface area contributed by atoms with Gasteiger partial charge in [-0.05, 0) is 87.0 Å². The van der Waals surface area contributed by atoms with Crippen LogP contribution < -0.4 is 32.2 Å². The lowest BCUT2D eigenvalue weighted by Gasteiger charge is -2.37. The Bertz CT molecular complexity index is 2410.